The van der Waals surface area contributed by atoms with Crippen molar-refractivity contribution in [3.05, 3.63) is 70.8 Å². The molecule has 0 aliphatic heterocycles. The third-order valence-electron chi connectivity index (χ3n) is 3.07. The van der Waals surface area contributed by atoms with Crippen LogP contribution in [-0.2, 0) is 0 Å². The monoisotopic (exact) mass is 252 g/mol. The Morgan fingerprint density at radius 2 is 1.68 bits per heavy atom. The minimum atomic E-state index is -0.112. The van der Waals surface area contributed by atoms with E-state index in [0.717, 1.165) is 16.7 Å². The first-order valence-corrected chi connectivity index (χ1v) is 6.15. The lowest BCUT2D eigenvalue weighted by molar-refractivity contribution is 0.104. The summed E-state index contributed by atoms with van der Waals surface area (Å²) in [6, 6.07) is 12.4. The smallest absolute Gasteiger partial charge is 0.185 e. The fourth-order valence-corrected chi connectivity index (χ4v) is 2.00. The summed E-state index contributed by atoms with van der Waals surface area (Å²) in [5.74, 6) is -0.00937. The minimum absolute atomic E-state index is 0.103. The van der Waals surface area contributed by atoms with Crippen molar-refractivity contribution in [1.29, 1.82) is 0 Å². The number of hydrogen-bond donors (Lipinski definition) is 1. The van der Waals surface area contributed by atoms with Gasteiger partial charge in [0.15, 0.2) is 5.78 Å². The summed E-state index contributed by atoms with van der Waals surface area (Å²) in [5.41, 5.74) is 3.83. The topological polar surface area (TPSA) is 37.3 Å². The number of phenolic OH excluding ortho intramolecular Hbond substituents is 1. The number of aryl methyl sites for hydroxylation is 2. The molecule has 0 fully saturated rings. The quantitative estimate of drug-likeness (QED) is 0.664. The SMILES string of the molecule is Cc1cccc(C)c1C=CC(=O)c1cccc(O)c1. The van der Waals surface area contributed by atoms with Gasteiger partial charge in [-0.2, -0.15) is 0 Å². The van der Waals surface area contributed by atoms with Gasteiger partial charge in [0.1, 0.15) is 5.75 Å². The first-order valence-electron chi connectivity index (χ1n) is 6.15. The Balaban J connectivity index is 2.26. The van der Waals surface area contributed by atoms with Crippen molar-refractivity contribution in [2.45, 2.75) is 13.8 Å². The maximum atomic E-state index is 12.0. The molecule has 0 bridgehead atoms. The Kier molecular flexibility index (Phi) is 3.81. The van der Waals surface area contributed by atoms with E-state index in [1.165, 1.54) is 6.07 Å². The van der Waals surface area contributed by atoms with Gasteiger partial charge in [0, 0.05) is 5.56 Å². The molecule has 2 heteroatoms. The Morgan fingerprint density at radius 1 is 1.05 bits per heavy atom. The van der Waals surface area contributed by atoms with Crippen LogP contribution in [0.15, 0.2) is 48.5 Å². The zero-order valence-corrected chi connectivity index (χ0v) is 11.1. The van der Waals surface area contributed by atoms with Gasteiger partial charge in [0.2, 0.25) is 0 Å². The number of ketones is 1. The lowest BCUT2D eigenvalue weighted by Gasteiger charge is -2.04. The van der Waals surface area contributed by atoms with Crippen molar-refractivity contribution in [1.82, 2.24) is 0 Å². The molecule has 0 aliphatic carbocycles. The van der Waals surface area contributed by atoms with E-state index in [4.69, 9.17) is 0 Å². The highest BCUT2D eigenvalue weighted by Gasteiger charge is 2.03. The maximum absolute atomic E-state index is 12.0. The van der Waals surface area contributed by atoms with Crippen LogP contribution in [0.3, 0.4) is 0 Å². The summed E-state index contributed by atoms with van der Waals surface area (Å²) in [5, 5.41) is 9.36. The molecule has 96 valence electrons. The number of aromatic hydroxyl groups is 1. The van der Waals surface area contributed by atoms with Crippen LogP contribution in [0.1, 0.15) is 27.0 Å². The molecule has 2 nitrogen and oxygen atoms in total. The predicted molar refractivity (Wildman–Crippen MR) is 77.4 cm³/mol. The van der Waals surface area contributed by atoms with Gasteiger partial charge in [-0.3, -0.25) is 4.79 Å². The van der Waals surface area contributed by atoms with Gasteiger partial charge < -0.3 is 5.11 Å². The number of hydrogen-bond acceptors (Lipinski definition) is 2. The standard InChI is InChI=1S/C17H16O2/c1-12-5-3-6-13(2)16(12)9-10-17(19)14-7-4-8-15(18)11-14/h3-11,18H,1-2H3. The van der Waals surface area contributed by atoms with Gasteiger partial charge in [0.05, 0.1) is 0 Å². The van der Waals surface area contributed by atoms with E-state index in [-0.39, 0.29) is 11.5 Å². The second kappa shape index (κ2) is 5.53. The summed E-state index contributed by atoms with van der Waals surface area (Å²) >= 11 is 0. The molecule has 2 aromatic rings. The highest BCUT2D eigenvalue weighted by atomic mass is 16.3. The van der Waals surface area contributed by atoms with Gasteiger partial charge in [0.25, 0.3) is 0 Å². The van der Waals surface area contributed by atoms with Crippen LogP contribution >= 0.6 is 0 Å². The lowest BCUT2D eigenvalue weighted by atomic mass is 10.0. The first kappa shape index (κ1) is 13.1. The Bertz CT molecular complexity index is 619. The van der Waals surface area contributed by atoms with Crippen LogP contribution in [0.4, 0.5) is 0 Å². The fourth-order valence-electron chi connectivity index (χ4n) is 2.00. The molecule has 0 heterocycles. The molecular formula is C17H16O2. The van der Waals surface area contributed by atoms with Crippen molar-refractivity contribution < 1.29 is 9.90 Å². The molecule has 0 saturated carbocycles. The molecule has 0 spiro atoms. The van der Waals surface area contributed by atoms with Gasteiger partial charge in [-0.15, -0.1) is 0 Å². The number of carbonyl (C=O) groups excluding carboxylic acids is 1. The highest BCUT2D eigenvalue weighted by Crippen LogP contribution is 2.16. The molecule has 0 amide bonds. The van der Waals surface area contributed by atoms with Gasteiger partial charge in [-0.25, -0.2) is 0 Å². The lowest BCUT2D eigenvalue weighted by Crippen LogP contribution is -1.94. The molecule has 1 N–H and O–H groups in total. The third-order valence-corrected chi connectivity index (χ3v) is 3.07. The van der Waals surface area contributed by atoms with E-state index >= 15 is 0 Å². The number of phenols is 1. The summed E-state index contributed by atoms with van der Waals surface area (Å²) in [7, 11) is 0. The van der Waals surface area contributed by atoms with Crippen molar-refractivity contribution in [3.63, 3.8) is 0 Å². The summed E-state index contributed by atoms with van der Waals surface area (Å²) in [6.07, 6.45) is 3.38. The van der Waals surface area contributed by atoms with E-state index < -0.39 is 0 Å². The molecule has 0 aromatic heterocycles. The third kappa shape index (κ3) is 3.10. The van der Waals surface area contributed by atoms with Crippen molar-refractivity contribution >= 4 is 11.9 Å². The van der Waals surface area contributed by atoms with Crippen molar-refractivity contribution in [3.8, 4) is 5.75 Å². The Hall–Kier alpha value is -2.35. The van der Waals surface area contributed by atoms with Crippen LogP contribution in [-0.4, -0.2) is 10.9 Å². The van der Waals surface area contributed by atoms with Crippen LogP contribution < -0.4 is 0 Å². The highest BCUT2D eigenvalue weighted by molar-refractivity contribution is 6.07. The van der Waals surface area contributed by atoms with Gasteiger partial charge in [-0.1, -0.05) is 36.4 Å². The predicted octanol–water partition coefficient (Wildman–Crippen LogP) is 3.91. The van der Waals surface area contributed by atoms with Crippen molar-refractivity contribution in [2.75, 3.05) is 0 Å². The van der Waals surface area contributed by atoms with E-state index in [0.29, 0.717) is 5.56 Å². The summed E-state index contributed by atoms with van der Waals surface area (Å²) in [6.45, 7) is 4.04. The number of benzene rings is 2. The van der Waals surface area contributed by atoms with E-state index in [2.05, 4.69) is 0 Å². The molecule has 0 atom stereocenters. The minimum Gasteiger partial charge on any atom is -0.508 e. The zero-order chi connectivity index (χ0) is 13.8. The Morgan fingerprint density at radius 3 is 2.32 bits per heavy atom. The van der Waals surface area contributed by atoms with Gasteiger partial charge in [-0.05, 0) is 48.7 Å². The average Bonchev–Trinajstić information content (AvgIpc) is 2.38. The van der Waals surface area contributed by atoms with Crippen LogP contribution in [0, 0.1) is 13.8 Å². The maximum Gasteiger partial charge on any atom is 0.185 e. The molecule has 0 saturated heterocycles. The number of rotatable bonds is 3. The van der Waals surface area contributed by atoms with Gasteiger partial charge >= 0.3 is 0 Å². The summed E-state index contributed by atoms with van der Waals surface area (Å²) < 4.78 is 0. The molecule has 2 rings (SSSR count). The molecule has 2 aromatic carbocycles. The zero-order valence-electron chi connectivity index (χ0n) is 11.1. The average molecular weight is 252 g/mol. The Labute approximate surface area is 113 Å². The number of allylic oxidation sites excluding steroid dienone is 1. The number of carbonyl (C=O) groups is 1. The normalized spacial score (nSPS) is 10.8. The summed E-state index contributed by atoms with van der Waals surface area (Å²) in [4.78, 5) is 12.0. The van der Waals surface area contributed by atoms with Crippen molar-refractivity contribution in [2.24, 2.45) is 0 Å². The molecule has 0 aliphatic rings. The molecule has 0 radical (unpaired) electrons. The largest absolute Gasteiger partial charge is 0.508 e. The fraction of sp³-hybridized carbons (Fsp3) is 0.118. The van der Waals surface area contributed by atoms with E-state index in [9.17, 15) is 9.90 Å². The first-order chi connectivity index (χ1) is 9.08. The molecular weight excluding hydrogens is 236 g/mol. The second-order valence-corrected chi connectivity index (χ2v) is 4.55. The van der Waals surface area contributed by atoms with E-state index in [1.807, 2.05) is 38.1 Å². The van der Waals surface area contributed by atoms with E-state index in [1.54, 1.807) is 24.3 Å². The molecule has 0 unspecified atom stereocenters. The van der Waals surface area contributed by atoms with Crippen LogP contribution in [0.2, 0.25) is 0 Å². The van der Waals surface area contributed by atoms with Crippen LogP contribution in [0.25, 0.3) is 6.08 Å². The second-order valence-electron chi connectivity index (χ2n) is 4.55. The van der Waals surface area contributed by atoms with Crippen LogP contribution in [0.5, 0.6) is 5.75 Å². The molecule has 19 heavy (non-hydrogen) atoms.